The minimum absolute atomic E-state index is 0.0206. The molecule has 0 aromatic heterocycles. The summed E-state index contributed by atoms with van der Waals surface area (Å²) in [5.41, 5.74) is 3.47. The van der Waals surface area contributed by atoms with Crippen LogP contribution in [0.25, 0.3) is 0 Å². The number of phenolic OH excluding ortho intramolecular Hbond substituents is 1. The fourth-order valence-electron chi connectivity index (χ4n) is 3.70. The Labute approximate surface area is 215 Å². The molecule has 188 valence electrons. The number of halogens is 2. The second-order valence-electron chi connectivity index (χ2n) is 10.1. The molecular weight excluding hydrogens is 469 g/mol. The zero-order valence-corrected chi connectivity index (χ0v) is 23.1. The standard InChI is InChI=1S/C28H39Cl2NO3/c1-8-19-21(29)17-22(26(33)25(19)30)31-24(32)12-11-15-34-23-14-13-18(27(4,5)9-2)16-20(23)28(6,7)10-3/h13-14,16-17,33H,8-12,15H2,1-7H3,(H,31,32). The first-order valence-corrected chi connectivity index (χ1v) is 12.9. The van der Waals surface area contributed by atoms with Crippen LogP contribution in [0, 0.1) is 0 Å². The highest BCUT2D eigenvalue weighted by molar-refractivity contribution is 6.37. The predicted molar refractivity (Wildman–Crippen MR) is 144 cm³/mol. The Balaban J connectivity index is 2.05. The lowest BCUT2D eigenvalue weighted by Crippen LogP contribution is -2.21. The molecule has 6 heteroatoms. The molecule has 2 N–H and O–H groups in total. The van der Waals surface area contributed by atoms with Gasteiger partial charge in [0.15, 0.2) is 5.75 Å². The molecule has 0 heterocycles. The summed E-state index contributed by atoms with van der Waals surface area (Å²) in [6, 6.07) is 8.04. The second kappa shape index (κ2) is 11.7. The Morgan fingerprint density at radius 3 is 2.26 bits per heavy atom. The molecule has 0 spiro atoms. The average molecular weight is 509 g/mol. The molecule has 2 aromatic rings. The number of carbonyl (C=O) groups is 1. The quantitative estimate of drug-likeness (QED) is 0.237. The highest BCUT2D eigenvalue weighted by Gasteiger charge is 2.26. The third kappa shape index (κ3) is 6.60. The molecule has 0 saturated carbocycles. The summed E-state index contributed by atoms with van der Waals surface area (Å²) in [5.74, 6) is 0.479. The maximum Gasteiger partial charge on any atom is 0.224 e. The second-order valence-corrected chi connectivity index (χ2v) is 10.9. The Bertz CT molecular complexity index is 1020. The molecule has 0 saturated heterocycles. The summed E-state index contributed by atoms with van der Waals surface area (Å²) in [6.45, 7) is 15.7. The van der Waals surface area contributed by atoms with Crippen LogP contribution in [0.3, 0.4) is 0 Å². The van der Waals surface area contributed by atoms with Crippen LogP contribution >= 0.6 is 23.2 Å². The van der Waals surface area contributed by atoms with Gasteiger partial charge in [0.2, 0.25) is 5.91 Å². The van der Waals surface area contributed by atoms with Crippen molar-refractivity contribution in [1.82, 2.24) is 0 Å². The van der Waals surface area contributed by atoms with Gasteiger partial charge in [0.25, 0.3) is 0 Å². The molecule has 34 heavy (non-hydrogen) atoms. The van der Waals surface area contributed by atoms with Crippen molar-refractivity contribution in [2.75, 3.05) is 11.9 Å². The summed E-state index contributed by atoms with van der Waals surface area (Å²) >= 11 is 12.4. The van der Waals surface area contributed by atoms with Gasteiger partial charge in [-0.25, -0.2) is 0 Å². The number of benzene rings is 2. The maximum absolute atomic E-state index is 12.4. The van der Waals surface area contributed by atoms with E-state index in [9.17, 15) is 9.90 Å². The molecule has 0 aliphatic heterocycles. The summed E-state index contributed by atoms with van der Waals surface area (Å²) in [7, 11) is 0. The van der Waals surface area contributed by atoms with Gasteiger partial charge >= 0.3 is 0 Å². The Hall–Kier alpha value is -1.91. The predicted octanol–water partition coefficient (Wildman–Crippen LogP) is 8.43. The van der Waals surface area contributed by atoms with Crippen LogP contribution in [0.5, 0.6) is 11.5 Å². The lowest BCUT2D eigenvalue weighted by molar-refractivity contribution is -0.116. The highest BCUT2D eigenvalue weighted by Crippen LogP contribution is 2.40. The zero-order chi connectivity index (χ0) is 25.7. The molecule has 0 aliphatic carbocycles. The SMILES string of the molecule is CCc1c(Cl)cc(NC(=O)CCCOc2ccc(C(C)(C)CC)cc2C(C)(C)CC)c(O)c1Cl. The van der Waals surface area contributed by atoms with Crippen LogP contribution in [0.2, 0.25) is 10.0 Å². The number of amides is 1. The van der Waals surface area contributed by atoms with Crippen molar-refractivity contribution in [3.8, 4) is 11.5 Å². The van der Waals surface area contributed by atoms with Crippen LogP contribution in [0.1, 0.15) is 90.8 Å². The van der Waals surface area contributed by atoms with Crippen molar-refractivity contribution in [3.63, 3.8) is 0 Å². The first kappa shape index (κ1) is 28.3. The minimum atomic E-state index is -0.232. The normalized spacial score (nSPS) is 12.0. The van der Waals surface area contributed by atoms with E-state index in [2.05, 4.69) is 65.1 Å². The molecule has 0 aliphatic rings. The van der Waals surface area contributed by atoms with E-state index in [0.29, 0.717) is 30.0 Å². The van der Waals surface area contributed by atoms with Crippen LogP contribution in [-0.2, 0) is 22.0 Å². The molecule has 4 nitrogen and oxygen atoms in total. The lowest BCUT2D eigenvalue weighted by Gasteiger charge is -2.30. The van der Waals surface area contributed by atoms with E-state index in [1.807, 2.05) is 6.92 Å². The largest absolute Gasteiger partial charge is 0.504 e. The Morgan fingerprint density at radius 1 is 1.03 bits per heavy atom. The Kier molecular flexibility index (Phi) is 9.73. The zero-order valence-electron chi connectivity index (χ0n) is 21.6. The van der Waals surface area contributed by atoms with E-state index in [1.54, 1.807) is 0 Å². The van der Waals surface area contributed by atoms with Crippen LogP contribution in [0.15, 0.2) is 24.3 Å². The van der Waals surface area contributed by atoms with Crippen molar-refractivity contribution in [3.05, 3.63) is 51.0 Å². The van der Waals surface area contributed by atoms with Gasteiger partial charge in [0.1, 0.15) is 5.75 Å². The van der Waals surface area contributed by atoms with Crippen molar-refractivity contribution in [1.29, 1.82) is 0 Å². The highest BCUT2D eigenvalue weighted by atomic mass is 35.5. The molecular formula is C28H39Cl2NO3. The molecule has 0 atom stereocenters. The van der Waals surface area contributed by atoms with Crippen LogP contribution in [0.4, 0.5) is 5.69 Å². The van der Waals surface area contributed by atoms with E-state index >= 15 is 0 Å². The third-order valence-electron chi connectivity index (χ3n) is 6.98. The molecule has 2 rings (SSSR count). The molecule has 2 aromatic carbocycles. The monoisotopic (exact) mass is 507 g/mol. The average Bonchev–Trinajstić information content (AvgIpc) is 2.80. The summed E-state index contributed by atoms with van der Waals surface area (Å²) in [5, 5.41) is 13.6. The first-order chi connectivity index (χ1) is 15.9. The summed E-state index contributed by atoms with van der Waals surface area (Å²) < 4.78 is 6.15. The Morgan fingerprint density at radius 2 is 1.68 bits per heavy atom. The molecule has 0 bridgehead atoms. The number of rotatable bonds is 11. The molecule has 1 amide bonds. The van der Waals surface area contributed by atoms with Crippen LogP contribution in [-0.4, -0.2) is 17.6 Å². The number of aromatic hydroxyl groups is 1. The van der Waals surface area contributed by atoms with Gasteiger partial charge in [-0.2, -0.15) is 0 Å². The van der Waals surface area contributed by atoms with Gasteiger partial charge in [-0.15, -0.1) is 0 Å². The minimum Gasteiger partial charge on any atom is -0.504 e. The summed E-state index contributed by atoms with van der Waals surface area (Å²) in [6.07, 6.45) is 3.42. The number of carbonyl (C=O) groups excluding carboxylic acids is 1. The number of phenols is 1. The van der Waals surface area contributed by atoms with Gasteiger partial charge in [0.05, 0.1) is 17.3 Å². The van der Waals surface area contributed by atoms with Gasteiger partial charge in [-0.05, 0) is 59.8 Å². The number of hydrogen-bond donors (Lipinski definition) is 2. The first-order valence-electron chi connectivity index (χ1n) is 12.1. The van der Waals surface area contributed by atoms with Gasteiger partial charge in [0, 0.05) is 17.0 Å². The van der Waals surface area contributed by atoms with Gasteiger partial charge in [-0.3, -0.25) is 4.79 Å². The van der Waals surface area contributed by atoms with Gasteiger partial charge in [-0.1, -0.05) is 83.8 Å². The van der Waals surface area contributed by atoms with E-state index in [1.165, 1.54) is 17.2 Å². The van der Waals surface area contributed by atoms with Gasteiger partial charge < -0.3 is 15.2 Å². The lowest BCUT2D eigenvalue weighted by atomic mass is 9.76. The van der Waals surface area contributed by atoms with Crippen molar-refractivity contribution in [2.45, 2.75) is 91.4 Å². The summed E-state index contributed by atoms with van der Waals surface area (Å²) in [4.78, 5) is 12.4. The van der Waals surface area contributed by atoms with Crippen molar-refractivity contribution in [2.24, 2.45) is 0 Å². The smallest absolute Gasteiger partial charge is 0.224 e. The van der Waals surface area contributed by atoms with Crippen molar-refractivity contribution >= 4 is 34.8 Å². The fraction of sp³-hybridized carbons (Fsp3) is 0.536. The van der Waals surface area contributed by atoms with Crippen LogP contribution < -0.4 is 10.1 Å². The number of nitrogens with one attached hydrogen (secondary N) is 1. The molecule has 0 radical (unpaired) electrons. The van der Waals surface area contributed by atoms with E-state index in [4.69, 9.17) is 27.9 Å². The maximum atomic E-state index is 12.4. The number of hydrogen-bond acceptors (Lipinski definition) is 3. The topological polar surface area (TPSA) is 58.6 Å². The fourth-order valence-corrected chi connectivity index (χ4v) is 4.42. The van der Waals surface area contributed by atoms with E-state index < -0.39 is 0 Å². The van der Waals surface area contributed by atoms with E-state index in [0.717, 1.165) is 18.6 Å². The number of ether oxygens (including phenoxy) is 1. The molecule has 0 fully saturated rings. The number of anilines is 1. The van der Waals surface area contributed by atoms with E-state index in [-0.39, 0.29) is 39.6 Å². The van der Waals surface area contributed by atoms with Crippen molar-refractivity contribution < 1.29 is 14.6 Å². The third-order valence-corrected chi connectivity index (χ3v) is 7.72. The molecule has 0 unspecified atom stereocenters.